The van der Waals surface area contributed by atoms with Crippen molar-refractivity contribution in [1.29, 1.82) is 0 Å². The van der Waals surface area contributed by atoms with E-state index in [0.29, 0.717) is 12.3 Å². The van der Waals surface area contributed by atoms with E-state index in [1.165, 1.54) is 11.6 Å². The summed E-state index contributed by atoms with van der Waals surface area (Å²) in [6.45, 7) is 8.35. The summed E-state index contributed by atoms with van der Waals surface area (Å²) in [6, 6.07) is 7.16. The number of hydrogen-bond acceptors (Lipinski definition) is 2. The minimum atomic E-state index is -0.421. The van der Waals surface area contributed by atoms with Crippen LogP contribution < -0.4 is 10.5 Å². The summed E-state index contributed by atoms with van der Waals surface area (Å²) >= 11 is 0. The van der Waals surface area contributed by atoms with Crippen molar-refractivity contribution in [3.63, 3.8) is 0 Å². The summed E-state index contributed by atoms with van der Waals surface area (Å²) in [5.41, 5.74) is 11.6. The summed E-state index contributed by atoms with van der Waals surface area (Å²) in [4.78, 5) is 0. The van der Waals surface area contributed by atoms with Crippen LogP contribution in [-0.2, 0) is 6.61 Å². The van der Waals surface area contributed by atoms with E-state index in [9.17, 15) is 4.39 Å². The van der Waals surface area contributed by atoms with Gasteiger partial charge >= 0.3 is 0 Å². The van der Waals surface area contributed by atoms with Crippen LogP contribution in [-0.4, -0.2) is 0 Å². The molecule has 0 heterocycles. The van der Waals surface area contributed by atoms with Gasteiger partial charge in [-0.1, -0.05) is 17.7 Å². The molecule has 2 rings (SSSR count). The van der Waals surface area contributed by atoms with Gasteiger partial charge in [0.05, 0.1) is 0 Å². The second-order valence-electron chi connectivity index (χ2n) is 5.31. The van der Waals surface area contributed by atoms with Crippen molar-refractivity contribution < 1.29 is 9.13 Å². The van der Waals surface area contributed by atoms with Crippen LogP contribution in [0.3, 0.4) is 0 Å². The van der Waals surface area contributed by atoms with Gasteiger partial charge in [0.15, 0.2) is 11.6 Å². The molecule has 0 atom stereocenters. The molecule has 0 aliphatic heterocycles. The molecule has 0 radical (unpaired) electrons. The van der Waals surface area contributed by atoms with E-state index < -0.39 is 5.82 Å². The predicted octanol–water partition coefficient (Wildman–Crippen LogP) is 4.22. The van der Waals surface area contributed by atoms with Crippen LogP contribution in [0, 0.1) is 33.5 Å². The first kappa shape index (κ1) is 14.4. The number of ether oxygens (including phenoxy) is 1. The SMILES string of the molecule is Cc1cc(C)c(COc2cc(C)c(N)cc2F)c(C)c1. The second kappa shape index (κ2) is 5.53. The van der Waals surface area contributed by atoms with Crippen molar-refractivity contribution in [3.8, 4) is 5.75 Å². The van der Waals surface area contributed by atoms with E-state index in [2.05, 4.69) is 19.1 Å². The van der Waals surface area contributed by atoms with Crippen molar-refractivity contribution in [2.45, 2.75) is 34.3 Å². The van der Waals surface area contributed by atoms with Gasteiger partial charge in [0.25, 0.3) is 0 Å². The number of aryl methyl sites for hydroxylation is 4. The Morgan fingerprint density at radius 1 is 0.950 bits per heavy atom. The molecule has 0 unspecified atom stereocenters. The fourth-order valence-corrected chi connectivity index (χ4v) is 2.37. The number of hydrogen-bond donors (Lipinski definition) is 1. The summed E-state index contributed by atoms with van der Waals surface area (Å²) < 4.78 is 19.4. The Hall–Kier alpha value is -2.03. The predicted molar refractivity (Wildman–Crippen MR) is 80.5 cm³/mol. The lowest BCUT2D eigenvalue weighted by atomic mass is 10.0. The Kier molecular flexibility index (Phi) is 3.98. The molecule has 2 aromatic carbocycles. The van der Waals surface area contributed by atoms with Gasteiger partial charge in [-0.2, -0.15) is 0 Å². The standard InChI is InChI=1S/C17H20FNO/c1-10-5-11(2)14(12(3)6-10)9-20-17-7-13(4)16(19)8-15(17)18/h5-8H,9,19H2,1-4H3. The molecular formula is C17H20FNO. The number of benzene rings is 2. The van der Waals surface area contributed by atoms with Crippen LogP contribution in [0.15, 0.2) is 24.3 Å². The lowest BCUT2D eigenvalue weighted by Gasteiger charge is -2.14. The van der Waals surface area contributed by atoms with Gasteiger partial charge < -0.3 is 10.5 Å². The van der Waals surface area contributed by atoms with Crippen LogP contribution in [0.1, 0.15) is 27.8 Å². The fourth-order valence-electron chi connectivity index (χ4n) is 2.37. The van der Waals surface area contributed by atoms with E-state index >= 15 is 0 Å². The minimum Gasteiger partial charge on any atom is -0.486 e. The highest BCUT2D eigenvalue weighted by Crippen LogP contribution is 2.25. The summed E-state index contributed by atoms with van der Waals surface area (Å²) in [6.07, 6.45) is 0. The first-order chi connectivity index (χ1) is 9.38. The third-order valence-electron chi connectivity index (χ3n) is 3.53. The van der Waals surface area contributed by atoms with Gasteiger partial charge in [-0.05, 0) is 56.0 Å². The van der Waals surface area contributed by atoms with Gasteiger partial charge in [0.1, 0.15) is 6.61 Å². The smallest absolute Gasteiger partial charge is 0.167 e. The minimum absolute atomic E-state index is 0.246. The van der Waals surface area contributed by atoms with Crippen molar-refractivity contribution in [2.75, 3.05) is 5.73 Å². The zero-order valence-corrected chi connectivity index (χ0v) is 12.4. The monoisotopic (exact) mass is 273 g/mol. The topological polar surface area (TPSA) is 35.2 Å². The lowest BCUT2D eigenvalue weighted by molar-refractivity contribution is 0.289. The maximum absolute atomic E-state index is 13.8. The quantitative estimate of drug-likeness (QED) is 0.850. The number of anilines is 1. The highest BCUT2D eigenvalue weighted by Gasteiger charge is 2.09. The van der Waals surface area contributed by atoms with Gasteiger partial charge in [-0.25, -0.2) is 4.39 Å². The lowest BCUT2D eigenvalue weighted by Crippen LogP contribution is -2.03. The van der Waals surface area contributed by atoms with Gasteiger partial charge in [-0.3, -0.25) is 0 Å². The molecule has 0 aliphatic rings. The maximum atomic E-state index is 13.8. The Labute approximate surface area is 119 Å². The molecule has 0 fully saturated rings. The van der Waals surface area contributed by atoms with E-state index in [0.717, 1.165) is 22.3 Å². The first-order valence-corrected chi connectivity index (χ1v) is 6.63. The van der Waals surface area contributed by atoms with Gasteiger partial charge in [-0.15, -0.1) is 0 Å². The Morgan fingerprint density at radius 3 is 2.15 bits per heavy atom. The van der Waals surface area contributed by atoms with Crippen molar-refractivity contribution in [3.05, 3.63) is 57.9 Å². The summed E-state index contributed by atoms with van der Waals surface area (Å²) in [7, 11) is 0. The number of halogens is 1. The Morgan fingerprint density at radius 2 is 1.55 bits per heavy atom. The average Bonchev–Trinajstić information content (AvgIpc) is 2.33. The molecule has 2 nitrogen and oxygen atoms in total. The number of nitrogens with two attached hydrogens (primary N) is 1. The molecule has 0 spiro atoms. The summed E-state index contributed by atoms with van der Waals surface area (Å²) in [5, 5.41) is 0. The van der Waals surface area contributed by atoms with Crippen molar-refractivity contribution >= 4 is 5.69 Å². The normalized spacial score (nSPS) is 10.7. The zero-order chi connectivity index (χ0) is 14.9. The van der Waals surface area contributed by atoms with Crippen LogP contribution in [0.25, 0.3) is 0 Å². The van der Waals surface area contributed by atoms with E-state index in [4.69, 9.17) is 10.5 Å². The Bertz CT molecular complexity index is 627. The van der Waals surface area contributed by atoms with Crippen molar-refractivity contribution in [1.82, 2.24) is 0 Å². The van der Waals surface area contributed by atoms with E-state index in [1.807, 2.05) is 20.8 Å². The van der Waals surface area contributed by atoms with E-state index in [-0.39, 0.29) is 5.75 Å². The van der Waals surface area contributed by atoms with Gasteiger partial charge in [0, 0.05) is 11.8 Å². The average molecular weight is 273 g/mol. The van der Waals surface area contributed by atoms with Crippen LogP contribution >= 0.6 is 0 Å². The highest BCUT2D eigenvalue weighted by atomic mass is 19.1. The number of nitrogen functional groups attached to an aromatic ring is 1. The van der Waals surface area contributed by atoms with E-state index in [1.54, 1.807) is 6.07 Å². The summed E-state index contributed by atoms with van der Waals surface area (Å²) in [5.74, 6) is -0.174. The molecular weight excluding hydrogens is 253 g/mol. The molecule has 0 saturated carbocycles. The molecule has 0 bridgehead atoms. The third kappa shape index (κ3) is 2.93. The third-order valence-corrected chi connectivity index (χ3v) is 3.53. The van der Waals surface area contributed by atoms with Crippen LogP contribution in [0.5, 0.6) is 5.75 Å². The van der Waals surface area contributed by atoms with Crippen LogP contribution in [0.4, 0.5) is 10.1 Å². The molecule has 2 N–H and O–H groups in total. The molecule has 0 aromatic heterocycles. The van der Waals surface area contributed by atoms with Gasteiger partial charge in [0.2, 0.25) is 0 Å². The Balaban J connectivity index is 2.23. The highest BCUT2D eigenvalue weighted by molar-refractivity contribution is 5.50. The second-order valence-corrected chi connectivity index (χ2v) is 5.31. The zero-order valence-electron chi connectivity index (χ0n) is 12.4. The van der Waals surface area contributed by atoms with Crippen LogP contribution in [0.2, 0.25) is 0 Å². The largest absolute Gasteiger partial charge is 0.486 e. The van der Waals surface area contributed by atoms with Crippen molar-refractivity contribution in [2.24, 2.45) is 0 Å². The number of rotatable bonds is 3. The maximum Gasteiger partial charge on any atom is 0.167 e. The first-order valence-electron chi connectivity index (χ1n) is 6.63. The molecule has 106 valence electrons. The molecule has 0 saturated heterocycles. The molecule has 0 amide bonds. The molecule has 3 heteroatoms. The molecule has 0 aliphatic carbocycles. The fraction of sp³-hybridized carbons (Fsp3) is 0.294. The molecule has 2 aromatic rings. The molecule has 20 heavy (non-hydrogen) atoms.